The number of benzene rings is 1. The molecule has 100 valence electrons. The highest BCUT2D eigenvalue weighted by atomic mass is 35.5. The van der Waals surface area contributed by atoms with Gasteiger partial charge in [0, 0.05) is 10.9 Å². The summed E-state index contributed by atoms with van der Waals surface area (Å²) in [5.41, 5.74) is 0.385. The second-order valence-electron chi connectivity index (χ2n) is 6.23. The fourth-order valence-corrected chi connectivity index (χ4v) is 3.35. The van der Waals surface area contributed by atoms with Crippen LogP contribution in [0.5, 0.6) is 5.75 Å². The molecule has 1 aromatic carbocycles. The van der Waals surface area contributed by atoms with E-state index in [1.54, 1.807) is 0 Å². The van der Waals surface area contributed by atoms with Crippen molar-refractivity contribution in [3.63, 3.8) is 0 Å². The van der Waals surface area contributed by atoms with Gasteiger partial charge < -0.3 is 4.74 Å². The molecule has 1 nitrogen and oxygen atoms in total. The van der Waals surface area contributed by atoms with Crippen LogP contribution in [0.1, 0.15) is 40.0 Å². The number of halogens is 1. The smallest absolute Gasteiger partial charge is 0.120 e. The molecule has 0 unspecified atom stereocenters. The standard InChI is InChI=1S/C16H23ClO/c1-12-6-5-9-16(2,3)15(12)11-18-14-8-4-7-13(17)10-14/h4,7-8,10,12,15H,5-6,9,11H2,1-3H3/t12-,15+/m0/s1. The summed E-state index contributed by atoms with van der Waals surface area (Å²) in [6, 6.07) is 7.68. The van der Waals surface area contributed by atoms with E-state index in [0.29, 0.717) is 11.3 Å². The Kier molecular flexibility index (Phi) is 4.21. The molecular formula is C16H23ClO. The summed E-state index contributed by atoms with van der Waals surface area (Å²) in [6.45, 7) is 7.89. The summed E-state index contributed by atoms with van der Waals surface area (Å²) < 4.78 is 5.95. The van der Waals surface area contributed by atoms with E-state index >= 15 is 0 Å². The van der Waals surface area contributed by atoms with E-state index in [-0.39, 0.29) is 0 Å². The molecule has 2 rings (SSSR count). The van der Waals surface area contributed by atoms with Gasteiger partial charge in [0.2, 0.25) is 0 Å². The quantitative estimate of drug-likeness (QED) is 0.732. The molecule has 0 bridgehead atoms. The van der Waals surface area contributed by atoms with Crippen LogP contribution >= 0.6 is 11.6 Å². The van der Waals surface area contributed by atoms with Gasteiger partial charge in [-0.1, -0.05) is 51.3 Å². The third kappa shape index (κ3) is 3.20. The fraction of sp³-hybridized carbons (Fsp3) is 0.625. The molecule has 0 aliphatic heterocycles. The van der Waals surface area contributed by atoms with Gasteiger partial charge in [-0.15, -0.1) is 0 Å². The number of hydrogen-bond acceptors (Lipinski definition) is 1. The number of ether oxygens (including phenoxy) is 1. The number of hydrogen-bond donors (Lipinski definition) is 0. The minimum atomic E-state index is 0.385. The first-order chi connectivity index (χ1) is 8.49. The van der Waals surface area contributed by atoms with Crippen LogP contribution in [0, 0.1) is 17.3 Å². The average molecular weight is 267 g/mol. The minimum Gasteiger partial charge on any atom is -0.493 e. The van der Waals surface area contributed by atoms with Crippen LogP contribution in [0.3, 0.4) is 0 Å². The lowest BCUT2D eigenvalue weighted by atomic mass is 9.64. The van der Waals surface area contributed by atoms with Crippen molar-refractivity contribution in [3.05, 3.63) is 29.3 Å². The SMILES string of the molecule is C[C@H]1CCCC(C)(C)[C@@H]1COc1cccc(Cl)c1. The minimum absolute atomic E-state index is 0.385. The van der Waals surface area contributed by atoms with E-state index in [9.17, 15) is 0 Å². The van der Waals surface area contributed by atoms with Crippen LogP contribution in [-0.4, -0.2) is 6.61 Å². The molecule has 1 aliphatic carbocycles. The van der Waals surface area contributed by atoms with Gasteiger partial charge >= 0.3 is 0 Å². The van der Waals surface area contributed by atoms with Gasteiger partial charge in [0.05, 0.1) is 6.61 Å². The summed E-state index contributed by atoms with van der Waals surface area (Å²) >= 11 is 5.97. The molecule has 1 saturated carbocycles. The molecule has 1 aliphatic rings. The van der Waals surface area contributed by atoms with Crippen molar-refractivity contribution in [1.82, 2.24) is 0 Å². The Hall–Kier alpha value is -0.690. The fourth-order valence-electron chi connectivity index (χ4n) is 3.17. The molecule has 0 radical (unpaired) electrons. The van der Waals surface area contributed by atoms with E-state index in [1.807, 2.05) is 24.3 Å². The maximum Gasteiger partial charge on any atom is 0.120 e. The molecule has 2 heteroatoms. The first-order valence-corrected chi connectivity index (χ1v) is 7.25. The van der Waals surface area contributed by atoms with Crippen molar-refractivity contribution in [1.29, 1.82) is 0 Å². The Labute approximate surface area is 115 Å². The zero-order valence-electron chi connectivity index (χ0n) is 11.6. The van der Waals surface area contributed by atoms with Crippen molar-refractivity contribution in [2.75, 3.05) is 6.61 Å². The van der Waals surface area contributed by atoms with Gasteiger partial charge in [-0.2, -0.15) is 0 Å². The molecule has 0 amide bonds. The highest BCUT2D eigenvalue weighted by Crippen LogP contribution is 2.43. The molecule has 0 aromatic heterocycles. The monoisotopic (exact) mass is 266 g/mol. The van der Waals surface area contributed by atoms with Crippen molar-refractivity contribution in [2.45, 2.75) is 40.0 Å². The highest BCUT2D eigenvalue weighted by molar-refractivity contribution is 6.30. The predicted octanol–water partition coefficient (Wildman–Crippen LogP) is 5.18. The summed E-state index contributed by atoms with van der Waals surface area (Å²) in [6.07, 6.45) is 3.98. The van der Waals surface area contributed by atoms with E-state index in [1.165, 1.54) is 19.3 Å². The molecular weight excluding hydrogens is 244 g/mol. The maximum absolute atomic E-state index is 5.97. The molecule has 1 aromatic rings. The average Bonchev–Trinajstić information content (AvgIpc) is 2.27. The van der Waals surface area contributed by atoms with Crippen LogP contribution in [0.4, 0.5) is 0 Å². The van der Waals surface area contributed by atoms with Gasteiger partial charge in [0.25, 0.3) is 0 Å². The van der Waals surface area contributed by atoms with Gasteiger partial charge in [0.1, 0.15) is 5.75 Å². The largest absolute Gasteiger partial charge is 0.493 e. The van der Waals surface area contributed by atoms with Gasteiger partial charge in [-0.3, -0.25) is 0 Å². The molecule has 0 saturated heterocycles. The summed E-state index contributed by atoms with van der Waals surface area (Å²) in [7, 11) is 0. The second kappa shape index (κ2) is 5.52. The Morgan fingerprint density at radius 3 is 2.83 bits per heavy atom. The first kappa shape index (κ1) is 13.7. The second-order valence-corrected chi connectivity index (χ2v) is 6.67. The lowest BCUT2D eigenvalue weighted by molar-refractivity contribution is 0.0412. The topological polar surface area (TPSA) is 9.23 Å². The summed E-state index contributed by atoms with van der Waals surface area (Å²) in [5, 5.41) is 0.739. The van der Waals surface area contributed by atoms with E-state index in [2.05, 4.69) is 20.8 Å². The van der Waals surface area contributed by atoms with Gasteiger partial charge in [-0.25, -0.2) is 0 Å². The first-order valence-electron chi connectivity index (χ1n) is 6.87. The summed E-state index contributed by atoms with van der Waals surface area (Å²) in [4.78, 5) is 0. The molecule has 18 heavy (non-hydrogen) atoms. The molecule has 0 spiro atoms. The van der Waals surface area contributed by atoms with Gasteiger partial charge in [-0.05, 0) is 36.0 Å². The van der Waals surface area contributed by atoms with Crippen molar-refractivity contribution in [2.24, 2.45) is 17.3 Å². The van der Waals surface area contributed by atoms with Crippen molar-refractivity contribution < 1.29 is 4.74 Å². The molecule has 2 atom stereocenters. The Morgan fingerprint density at radius 2 is 2.17 bits per heavy atom. The Balaban J connectivity index is 2.00. The van der Waals surface area contributed by atoms with E-state index in [4.69, 9.17) is 16.3 Å². The zero-order chi connectivity index (χ0) is 13.2. The van der Waals surface area contributed by atoms with E-state index in [0.717, 1.165) is 23.3 Å². The third-order valence-electron chi connectivity index (χ3n) is 4.40. The van der Waals surface area contributed by atoms with Crippen LogP contribution in [0.15, 0.2) is 24.3 Å². The normalized spacial score (nSPS) is 26.9. The maximum atomic E-state index is 5.97. The van der Waals surface area contributed by atoms with Crippen LogP contribution in [0.25, 0.3) is 0 Å². The highest BCUT2D eigenvalue weighted by Gasteiger charge is 2.37. The van der Waals surface area contributed by atoms with Crippen LogP contribution < -0.4 is 4.74 Å². The number of rotatable bonds is 3. The molecule has 1 fully saturated rings. The third-order valence-corrected chi connectivity index (χ3v) is 4.63. The van der Waals surface area contributed by atoms with Crippen molar-refractivity contribution in [3.8, 4) is 5.75 Å². The Bertz CT molecular complexity index is 400. The summed E-state index contributed by atoms with van der Waals surface area (Å²) in [5.74, 6) is 2.26. The lowest BCUT2D eigenvalue weighted by Gasteiger charge is -2.42. The molecule has 0 heterocycles. The predicted molar refractivity (Wildman–Crippen MR) is 77.2 cm³/mol. The van der Waals surface area contributed by atoms with E-state index < -0.39 is 0 Å². The zero-order valence-corrected chi connectivity index (χ0v) is 12.3. The van der Waals surface area contributed by atoms with Crippen molar-refractivity contribution >= 4 is 11.6 Å². The van der Waals surface area contributed by atoms with Crippen LogP contribution in [-0.2, 0) is 0 Å². The lowest BCUT2D eigenvalue weighted by Crippen LogP contribution is -2.37. The van der Waals surface area contributed by atoms with Crippen LogP contribution in [0.2, 0.25) is 5.02 Å². The van der Waals surface area contributed by atoms with Gasteiger partial charge in [0.15, 0.2) is 0 Å². The molecule has 0 N–H and O–H groups in total. The Morgan fingerprint density at radius 1 is 1.39 bits per heavy atom.